The van der Waals surface area contributed by atoms with Gasteiger partial charge < -0.3 is 15.4 Å². The van der Waals surface area contributed by atoms with Gasteiger partial charge in [0, 0.05) is 32.9 Å². The van der Waals surface area contributed by atoms with Crippen molar-refractivity contribution in [3.8, 4) is 0 Å². The lowest BCUT2D eigenvalue weighted by molar-refractivity contribution is 0.134. The molecule has 16 heavy (non-hydrogen) atoms. The number of ether oxygens (including phenoxy) is 1. The van der Waals surface area contributed by atoms with Gasteiger partial charge in [0.1, 0.15) is 18.0 Å². The molecular weight excluding hydrogens is 204 g/mol. The first-order valence-electron chi connectivity index (χ1n) is 5.68. The molecule has 2 N–H and O–H groups in total. The Morgan fingerprint density at radius 1 is 1.25 bits per heavy atom. The molecule has 0 saturated heterocycles. The Balaban J connectivity index is 2.16. The zero-order valence-corrected chi connectivity index (χ0v) is 9.99. The number of anilines is 2. The van der Waals surface area contributed by atoms with Gasteiger partial charge in [0.15, 0.2) is 0 Å². The molecule has 0 unspecified atom stereocenters. The molecule has 1 rings (SSSR count). The molecule has 0 saturated carbocycles. The van der Waals surface area contributed by atoms with Crippen LogP contribution < -0.4 is 10.6 Å². The van der Waals surface area contributed by atoms with Crippen molar-refractivity contribution >= 4 is 11.6 Å². The normalized spacial score (nSPS) is 10.1. The van der Waals surface area contributed by atoms with Crippen LogP contribution in [0.15, 0.2) is 12.4 Å². The molecule has 0 spiro atoms. The third-order valence-corrected chi connectivity index (χ3v) is 2.04. The molecule has 5 heteroatoms. The zero-order chi connectivity index (χ0) is 11.6. The fourth-order valence-corrected chi connectivity index (χ4v) is 1.23. The van der Waals surface area contributed by atoms with Crippen LogP contribution in [0.25, 0.3) is 0 Å². The van der Waals surface area contributed by atoms with Gasteiger partial charge in [-0.05, 0) is 12.8 Å². The molecule has 0 bridgehead atoms. The van der Waals surface area contributed by atoms with Crippen molar-refractivity contribution in [3.63, 3.8) is 0 Å². The van der Waals surface area contributed by atoms with Crippen molar-refractivity contribution in [1.82, 2.24) is 9.97 Å². The van der Waals surface area contributed by atoms with Gasteiger partial charge in [0.05, 0.1) is 0 Å². The van der Waals surface area contributed by atoms with Crippen LogP contribution in [-0.2, 0) is 4.74 Å². The van der Waals surface area contributed by atoms with Crippen molar-refractivity contribution in [3.05, 3.63) is 12.4 Å². The van der Waals surface area contributed by atoms with Crippen molar-refractivity contribution in [2.75, 3.05) is 37.4 Å². The van der Waals surface area contributed by atoms with E-state index < -0.39 is 0 Å². The number of hydrogen-bond donors (Lipinski definition) is 2. The van der Waals surface area contributed by atoms with Crippen LogP contribution in [0.4, 0.5) is 11.6 Å². The molecule has 0 radical (unpaired) electrons. The Morgan fingerprint density at radius 2 is 2.06 bits per heavy atom. The van der Waals surface area contributed by atoms with E-state index in [-0.39, 0.29) is 0 Å². The van der Waals surface area contributed by atoms with E-state index in [1.54, 1.807) is 6.33 Å². The van der Waals surface area contributed by atoms with Gasteiger partial charge in [0.2, 0.25) is 0 Å². The zero-order valence-electron chi connectivity index (χ0n) is 9.99. The summed E-state index contributed by atoms with van der Waals surface area (Å²) in [6.07, 6.45) is 3.60. The summed E-state index contributed by atoms with van der Waals surface area (Å²) < 4.78 is 5.38. The highest BCUT2D eigenvalue weighted by Crippen LogP contribution is 2.07. The Hall–Kier alpha value is -1.36. The molecule has 90 valence electrons. The third-order valence-electron chi connectivity index (χ3n) is 2.04. The Labute approximate surface area is 96.6 Å². The van der Waals surface area contributed by atoms with E-state index >= 15 is 0 Å². The smallest absolute Gasteiger partial charge is 0.131 e. The number of nitrogens with one attached hydrogen (secondary N) is 2. The molecule has 0 aliphatic heterocycles. The molecule has 0 amide bonds. The molecule has 0 atom stereocenters. The predicted octanol–water partition coefficient (Wildman–Crippen LogP) is 1.75. The fraction of sp³-hybridized carbons (Fsp3) is 0.636. The van der Waals surface area contributed by atoms with Crippen LogP contribution in [0.3, 0.4) is 0 Å². The summed E-state index contributed by atoms with van der Waals surface area (Å²) in [6, 6.07) is 1.88. The summed E-state index contributed by atoms with van der Waals surface area (Å²) in [5.74, 6) is 1.66. The summed E-state index contributed by atoms with van der Waals surface area (Å²) in [5, 5.41) is 6.20. The maximum atomic E-state index is 5.38. The molecule has 5 nitrogen and oxygen atoms in total. The average Bonchev–Trinajstić information content (AvgIpc) is 2.34. The van der Waals surface area contributed by atoms with Crippen LogP contribution in [0.5, 0.6) is 0 Å². The third kappa shape index (κ3) is 4.93. The van der Waals surface area contributed by atoms with Crippen LogP contribution in [0.1, 0.15) is 19.8 Å². The van der Waals surface area contributed by atoms with Crippen molar-refractivity contribution in [1.29, 1.82) is 0 Å². The first-order chi connectivity index (χ1) is 7.86. The lowest BCUT2D eigenvalue weighted by atomic mass is 10.4. The van der Waals surface area contributed by atoms with Crippen LogP contribution in [0.2, 0.25) is 0 Å². The summed E-state index contributed by atoms with van der Waals surface area (Å²) in [6.45, 7) is 4.62. The molecule has 0 aromatic carbocycles. The maximum absolute atomic E-state index is 5.38. The second-order valence-electron chi connectivity index (χ2n) is 3.43. The highest BCUT2D eigenvalue weighted by Gasteiger charge is 1.95. The number of rotatable bonds is 8. The van der Waals surface area contributed by atoms with Gasteiger partial charge in [-0.2, -0.15) is 0 Å². The molecule has 0 aliphatic rings. The van der Waals surface area contributed by atoms with Gasteiger partial charge >= 0.3 is 0 Å². The number of aromatic nitrogens is 2. The summed E-state index contributed by atoms with van der Waals surface area (Å²) in [7, 11) is 1.84. The van der Waals surface area contributed by atoms with E-state index in [1.165, 1.54) is 0 Å². The molecule has 0 fully saturated rings. The largest absolute Gasteiger partial charge is 0.381 e. The summed E-state index contributed by atoms with van der Waals surface area (Å²) in [5.41, 5.74) is 0. The van der Waals surface area contributed by atoms with Gasteiger partial charge in [-0.25, -0.2) is 9.97 Å². The Kier molecular flexibility index (Phi) is 6.25. The fourth-order valence-electron chi connectivity index (χ4n) is 1.23. The van der Waals surface area contributed by atoms with E-state index in [2.05, 4.69) is 27.5 Å². The van der Waals surface area contributed by atoms with Gasteiger partial charge in [0.25, 0.3) is 0 Å². The minimum atomic E-state index is 0.796. The minimum Gasteiger partial charge on any atom is -0.381 e. The van der Waals surface area contributed by atoms with Crippen LogP contribution >= 0.6 is 0 Å². The minimum absolute atomic E-state index is 0.796. The van der Waals surface area contributed by atoms with Gasteiger partial charge in [-0.3, -0.25) is 0 Å². The Bertz CT molecular complexity index is 293. The van der Waals surface area contributed by atoms with Crippen molar-refractivity contribution in [2.45, 2.75) is 19.8 Å². The number of hydrogen-bond acceptors (Lipinski definition) is 5. The van der Waals surface area contributed by atoms with Gasteiger partial charge in [-0.15, -0.1) is 0 Å². The van der Waals surface area contributed by atoms with Crippen LogP contribution in [-0.4, -0.2) is 36.8 Å². The van der Waals surface area contributed by atoms with E-state index in [1.807, 2.05) is 13.1 Å². The maximum Gasteiger partial charge on any atom is 0.131 e. The first-order valence-corrected chi connectivity index (χ1v) is 5.68. The summed E-state index contributed by atoms with van der Waals surface area (Å²) >= 11 is 0. The van der Waals surface area contributed by atoms with E-state index in [0.29, 0.717) is 0 Å². The monoisotopic (exact) mass is 224 g/mol. The average molecular weight is 224 g/mol. The second-order valence-corrected chi connectivity index (χ2v) is 3.43. The SMILES string of the molecule is CCCOCCCNc1cc(NC)ncn1. The molecule has 1 aromatic rings. The molecular formula is C11H20N4O. The van der Waals surface area contributed by atoms with E-state index in [9.17, 15) is 0 Å². The first kappa shape index (κ1) is 12.7. The lowest BCUT2D eigenvalue weighted by Gasteiger charge is -2.06. The topological polar surface area (TPSA) is 59.1 Å². The molecule has 1 aromatic heterocycles. The van der Waals surface area contributed by atoms with E-state index in [4.69, 9.17) is 4.74 Å². The quantitative estimate of drug-likeness (QED) is 0.659. The highest BCUT2D eigenvalue weighted by molar-refractivity contribution is 5.45. The lowest BCUT2D eigenvalue weighted by Crippen LogP contribution is -2.07. The molecule has 1 heterocycles. The van der Waals surface area contributed by atoms with E-state index in [0.717, 1.165) is 44.2 Å². The Morgan fingerprint density at radius 3 is 2.81 bits per heavy atom. The number of nitrogens with zero attached hydrogens (tertiary/aromatic N) is 2. The van der Waals surface area contributed by atoms with Crippen molar-refractivity contribution in [2.24, 2.45) is 0 Å². The summed E-state index contributed by atoms with van der Waals surface area (Å²) in [4.78, 5) is 8.16. The highest BCUT2D eigenvalue weighted by atomic mass is 16.5. The van der Waals surface area contributed by atoms with Crippen LogP contribution in [0, 0.1) is 0 Å². The standard InChI is InChI=1S/C11H20N4O/c1-3-6-16-7-4-5-13-11-8-10(12-2)14-9-15-11/h8-9H,3-7H2,1-2H3,(H2,12,13,14,15). The second kappa shape index (κ2) is 7.87. The molecule has 0 aliphatic carbocycles. The van der Waals surface area contributed by atoms with Crippen molar-refractivity contribution < 1.29 is 4.74 Å². The van der Waals surface area contributed by atoms with Gasteiger partial charge in [-0.1, -0.05) is 6.92 Å². The predicted molar refractivity (Wildman–Crippen MR) is 65.8 cm³/mol.